The summed E-state index contributed by atoms with van der Waals surface area (Å²) in [5, 5.41) is 7.48. The molecule has 1 aliphatic rings. The first-order valence-corrected chi connectivity index (χ1v) is 7.84. The second-order valence-electron chi connectivity index (χ2n) is 5.35. The minimum Gasteiger partial charge on any atom is -0.295 e. The average molecular weight is 315 g/mol. The quantitative estimate of drug-likeness (QED) is 0.813. The monoisotopic (exact) mass is 314 g/mol. The van der Waals surface area contributed by atoms with Crippen LogP contribution in [0.3, 0.4) is 0 Å². The molecular weight excluding hydrogens is 296 g/mol. The normalized spacial score (nSPS) is 16.3. The van der Waals surface area contributed by atoms with E-state index < -0.39 is 0 Å². The lowest BCUT2D eigenvalue weighted by Crippen LogP contribution is -2.43. The zero-order valence-electron chi connectivity index (χ0n) is 12.4. The number of aromatic nitrogens is 1. The van der Waals surface area contributed by atoms with Crippen molar-refractivity contribution in [2.75, 3.05) is 26.2 Å². The summed E-state index contributed by atoms with van der Waals surface area (Å²) in [5.41, 5.74) is 2.22. The molecule has 2 heterocycles. The van der Waals surface area contributed by atoms with Crippen molar-refractivity contribution in [3.8, 4) is 0 Å². The van der Waals surface area contributed by atoms with Crippen LogP contribution in [-0.4, -0.2) is 47.3 Å². The number of hydrogen-bond donors (Lipinski definition) is 0. The molecule has 1 aliphatic heterocycles. The van der Waals surface area contributed by atoms with Crippen molar-refractivity contribution in [3.63, 3.8) is 0 Å². The Morgan fingerprint density at radius 1 is 1.09 bits per heavy atom. The zero-order valence-corrected chi connectivity index (χ0v) is 13.2. The van der Waals surface area contributed by atoms with Gasteiger partial charge in [0.05, 0.1) is 6.21 Å². The molecule has 1 aromatic carbocycles. The van der Waals surface area contributed by atoms with Crippen molar-refractivity contribution in [2.45, 2.75) is 6.54 Å². The fourth-order valence-corrected chi connectivity index (χ4v) is 2.67. The molecule has 0 saturated carbocycles. The molecular formula is C17H19ClN4. The summed E-state index contributed by atoms with van der Waals surface area (Å²) in [6.45, 7) is 4.76. The van der Waals surface area contributed by atoms with Gasteiger partial charge >= 0.3 is 0 Å². The number of hydrogen-bond acceptors (Lipinski definition) is 4. The van der Waals surface area contributed by atoms with E-state index in [2.05, 4.69) is 26.1 Å². The minimum atomic E-state index is 0.847. The third kappa shape index (κ3) is 4.06. The highest BCUT2D eigenvalue weighted by atomic mass is 35.5. The zero-order chi connectivity index (χ0) is 15.2. The van der Waals surface area contributed by atoms with Crippen LogP contribution < -0.4 is 0 Å². The van der Waals surface area contributed by atoms with Crippen molar-refractivity contribution < 1.29 is 0 Å². The van der Waals surface area contributed by atoms with Crippen LogP contribution in [-0.2, 0) is 6.54 Å². The van der Waals surface area contributed by atoms with Gasteiger partial charge in [0.1, 0.15) is 0 Å². The van der Waals surface area contributed by atoms with Gasteiger partial charge in [-0.25, -0.2) is 0 Å². The van der Waals surface area contributed by atoms with Crippen LogP contribution in [0.1, 0.15) is 11.1 Å². The van der Waals surface area contributed by atoms with Gasteiger partial charge in [-0.1, -0.05) is 35.9 Å². The Balaban J connectivity index is 1.50. The van der Waals surface area contributed by atoms with Crippen LogP contribution in [0.15, 0.2) is 53.9 Å². The molecule has 1 fully saturated rings. The Morgan fingerprint density at radius 3 is 2.64 bits per heavy atom. The van der Waals surface area contributed by atoms with Gasteiger partial charge in [-0.2, -0.15) is 5.10 Å². The van der Waals surface area contributed by atoms with Crippen molar-refractivity contribution in [1.29, 1.82) is 0 Å². The van der Waals surface area contributed by atoms with E-state index >= 15 is 0 Å². The molecule has 114 valence electrons. The van der Waals surface area contributed by atoms with Crippen LogP contribution >= 0.6 is 11.6 Å². The molecule has 0 atom stereocenters. The first-order chi connectivity index (χ1) is 10.8. The van der Waals surface area contributed by atoms with Crippen LogP contribution in [0.25, 0.3) is 0 Å². The number of pyridine rings is 1. The lowest BCUT2D eigenvalue weighted by Gasteiger charge is -2.33. The minimum absolute atomic E-state index is 0.847. The highest BCUT2D eigenvalue weighted by Crippen LogP contribution is 2.17. The molecule has 22 heavy (non-hydrogen) atoms. The maximum atomic E-state index is 6.22. The third-order valence-electron chi connectivity index (χ3n) is 3.75. The van der Waals surface area contributed by atoms with Crippen molar-refractivity contribution in [3.05, 3.63) is 64.9 Å². The van der Waals surface area contributed by atoms with E-state index in [9.17, 15) is 0 Å². The van der Waals surface area contributed by atoms with Crippen molar-refractivity contribution >= 4 is 17.8 Å². The van der Waals surface area contributed by atoms with E-state index in [-0.39, 0.29) is 0 Å². The summed E-state index contributed by atoms with van der Waals surface area (Å²) >= 11 is 6.22. The van der Waals surface area contributed by atoms with Crippen LogP contribution in [0.2, 0.25) is 5.02 Å². The third-order valence-corrected chi connectivity index (χ3v) is 4.12. The molecule has 0 unspecified atom stereocenters. The molecule has 1 saturated heterocycles. The molecule has 5 heteroatoms. The second kappa shape index (κ2) is 7.38. The molecule has 0 amide bonds. The second-order valence-corrected chi connectivity index (χ2v) is 5.76. The summed E-state index contributed by atoms with van der Waals surface area (Å²) < 4.78 is 0. The van der Waals surface area contributed by atoms with E-state index in [0.717, 1.165) is 43.3 Å². The molecule has 3 rings (SSSR count). The average Bonchev–Trinajstić information content (AvgIpc) is 2.57. The summed E-state index contributed by atoms with van der Waals surface area (Å²) in [6.07, 6.45) is 5.46. The van der Waals surface area contributed by atoms with Gasteiger partial charge in [0, 0.05) is 55.7 Å². The van der Waals surface area contributed by atoms with Crippen LogP contribution in [0, 0.1) is 0 Å². The van der Waals surface area contributed by atoms with Gasteiger partial charge in [0.25, 0.3) is 0 Å². The van der Waals surface area contributed by atoms with Crippen LogP contribution in [0.5, 0.6) is 0 Å². The molecule has 0 N–H and O–H groups in total. The predicted octanol–water partition coefficient (Wildman–Crippen LogP) is 2.89. The van der Waals surface area contributed by atoms with Gasteiger partial charge in [-0.3, -0.25) is 14.9 Å². The van der Waals surface area contributed by atoms with Crippen molar-refractivity contribution in [2.24, 2.45) is 5.10 Å². The molecule has 0 radical (unpaired) electrons. The largest absolute Gasteiger partial charge is 0.295 e. The summed E-state index contributed by atoms with van der Waals surface area (Å²) in [5.74, 6) is 0. The van der Waals surface area contributed by atoms with Gasteiger partial charge in [0.2, 0.25) is 0 Å². The van der Waals surface area contributed by atoms with E-state index in [1.165, 1.54) is 5.56 Å². The Labute approximate surface area is 136 Å². The number of rotatable bonds is 4. The maximum absolute atomic E-state index is 6.22. The van der Waals surface area contributed by atoms with Gasteiger partial charge in [-0.15, -0.1) is 0 Å². The summed E-state index contributed by atoms with van der Waals surface area (Å²) in [6, 6.07) is 12.0. The van der Waals surface area contributed by atoms with Crippen LogP contribution in [0.4, 0.5) is 0 Å². The molecule has 0 bridgehead atoms. The Morgan fingerprint density at radius 2 is 1.91 bits per heavy atom. The Bertz CT molecular complexity index is 622. The number of hydrazone groups is 1. The summed E-state index contributed by atoms with van der Waals surface area (Å²) in [7, 11) is 0. The molecule has 1 aromatic heterocycles. The highest BCUT2D eigenvalue weighted by molar-refractivity contribution is 6.31. The van der Waals surface area contributed by atoms with E-state index in [4.69, 9.17) is 11.6 Å². The summed E-state index contributed by atoms with van der Waals surface area (Å²) in [4.78, 5) is 6.50. The number of piperazine rings is 1. The smallest absolute Gasteiger partial charge is 0.0558 e. The van der Waals surface area contributed by atoms with E-state index in [1.807, 2.05) is 42.7 Å². The molecule has 2 aromatic rings. The van der Waals surface area contributed by atoms with Crippen molar-refractivity contribution in [1.82, 2.24) is 14.9 Å². The standard InChI is InChI=1S/C17H19ClN4/c18-17-6-2-1-5-16(17)14-21-8-10-22(11-9-21)20-13-15-4-3-7-19-12-15/h1-7,12-13H,8-11,14H2. The number of benzene rings is 1. The van der Waals surface area contributed by atoms with Gasteiger partial charge < -0.3 is 0 Å². The van der Waals surface area contributed by atoms with Gasteiger partial charge in [-0.05, 0) is 17.7 Å². The Hall–Kier alpha value is -1.91. The fraction of sp³-hybridized carbons (Fsp3) is 0.294. The molecule has 4 nitrogen and oxygen atoms in total. The van der Waals surface area contributed by atoms with Gasteiger partial charge in [0.15, 0.2) is 0 Å². The topological polar surface area (TPSA) is 31.7 Å². The predicted molar refractivity (Wildman–Crippen MR) is 90.1 cm³/mol. The van der Waals surface area contributed by atoms with E-state index in [0.29, 0.717) is 0 Å². The SMILES string of the molecule is Clc1ccccc1CN1CCN(N=Cc2cccnc2)CC1. The first kappa shape index (κ1) is 15.0. The lowest BCUT2D eigenvalue weighted by molar-refractivity contribution is 0.131. The fourth-order valence-electron chi connectivity index (χ4n) is 2.48. The molecule has 0 spiro atoms. The van der Waals surface area contributed by atoms with E-state index in [1.54, 1.807) is 6.20 Å². The molecule has 0 aliphatic carbocycles. The first-order valence-electron chi connectivity index (χ1n) is 7.46. The number of halogens is 1. The lowest BCUT2D eigenvalue weighted by atomic mass is 10.2. The number of nitrogens with zero attached hydrogens (tertiary/aromatic N) is 4. The Kier molecular flexibility index (Phi) is 5.03. The maximum Gasteiger partial charge on any atom is 0.0558 e. The highest BCUT2D eigenvalue weighted by Gasteiger charge is 2.16.